The van der Waals surface area contributed by atoms with Crippen LogP contribution >= 0.6 is 23.1 Å². The molecule has 1 aromatic carbocycles. The summed E-state index contributed by atoms with van der Waals surface area (Å²) in [6.45, 7) is 0.436. The number of hydrogen-bond donors (Lipinski definition) is 1. The molecule has 0 unspecified atom stereocenters. The first-order valence-electron chi connectivity index (χ1n) is 7.90. The lowest BCUT2D eigenvalue weighted by Crippen LogP contribution is -2.30. The van der Waals surface area contributed by atoms with Crippen molar-refractivity contribution in [1.82, 2.24) is 15.1 Å². The fourth-order valence-electron chi connectivity index (χ4n) is 2.55. The highest BCUT2D eigenvalue weighted by Gasteiger charge is 2.34. The first-order valence-corrected chi connectivity index (χ1v) is 9.70. The molecule has 2 amide bonds. The van der Waals surface area contributed by atoms with Crippen molar-refractivity contribution in [3.8, 4) is 0 Å². The molecular weight excluding hydrogens is 344 g/mol. The van der Waals surface area contributed by atoms with Gasteiger partial charge in [-0.1, -0.05) is 35.2 Å². The van der Waals surface area contributed by atoms with Crippen LogP contribution < -0.4 is 5.32 Å². The van der Waals surface area contributed by atoms with E-state index in [-0.39, 0.29) is 11.8 Å². The first-order chi connectivity index (χ1) is 11.7. The Balaban J connectivity index is 1.26. The summed E-state index contributed by atoms with van der Waals surface area (Å²) in [5.74, 6) is 0.422. The number of carbonyl (C=O) groups is 2. The molecule has 2 aliphatic rings. The quantitative estimate of drug-likeness (QED) is 0.465. The van der Waals surface area contributed by atoms with E-state index >= 15 is 0 Å². The Morgan fingerprint density at radius 2 is 1.88 bits per heavy atom. The highest BCUT2D eigenvalue weighted by molar-refractivity contribution is 8.01. The Morgan fingerprint density at radius 1 is 1.17 bits per heavy atom. The number of fused-ring (bicyclic) bond motifs is 1. The smallest absolute Gasteiger partial charge is 0.261 e. The maximum atomic E-state index is 12.3. The highest BCUT2D eigenvalue weighted by atomic mass is 32.2. The Kier molecular flexibility index (Phi) is 4.24. The molecule has 24 heavy (non-hydrogen) atoms. The number of imide groups is 1. The zero-order valence-corrected chi connectivity index (χ0v) is 14.5. The zero-order chi connectivity index (χ0) is 16.5. The molecule has 0 bridgehead atoms. The molecule has 0 spiro atoms. The Hall–Kier alpha value is -1.93. The van der Waals surface area contributed by atoms with Gasteiger partial charge in [0.25, 0.3) is 11.8 Å². The number of rotatable bonds is 7. The number of aromatic nitrogens is 2. The van der Waals surface area contributed by atoms with Crippen molar-refractivity contribution < 1.29 is 9.59 Å². The number of hydrogen-bond acceptors (Lipinski definition) is 7. The lowest BCUT2D eigenvalue weighted by atomic mass is 10.1. The molecule has 1 fully saturated rings. The van der Waals surface area contributed by atoms with Crippen LogP contribution in [0.25, 0.3) is 0 Å². The van der Waals surface area contributed by atoms with E-state index in [1.54, 1.807) is 47.4 Å². The minimum atomic E-state index is -0.188. The van der Waals surface area contributed by atoms with Gasteiger partial charge in [-0.05, 0) is 31.4 Å². The summed E-state index contributed by atoms with van der Waals surface area (Å²) in [6, 6.07) is 7.56. The molecule has 0 atom stereocenters. The van der Waals surface area contributed by atoms with Crippen molar-refractivity contribution in [2.75, 3.05) is 17.6 Å². The summed E-state index contributed by atoms with van der Waals surface area (Å²) in [5.41, 5.74) is 1.02. The summed E-state index contributed by atoms with van der Waals surface area (Å²) in [7, 11) is 0. The third-order valence-electron chi connectivity index (χ3n) is 3.94. The van der Waals surface area contributed by atoms with E-state index in [2.05, 4.69) is 15.5 Å². The van der Waals surface area contributed by atoms with Gasteiger partial charge >= 0.3 is 0 Å². The molecule has 1 aliphatic carbocycles. The minimum Gasteiger partial charge on any atom is -0.357 e. The molecule has 2 heterocycles. The average molecular weight is 360 g/mol. The van der Waals surface area contributed by atoms with Crippen LogP contribution in [0.1, 0.15) is 40.0 Å². The predicted molar refractivity (Wildman–Crippen MR) is 93.7 cm³/mol. The van der Waals surface area contributed by atoms with Crippen molar-refractivity contribution in [2.24, 2.45) is 0 Å². The minimum absolute atomic E-state index is 0.188. The summed E-state index contributed by atoms with van der Waals surface area (Å²) in [6.07, 6.45) is 3.16. The summed E-state index contributed by atoms with van der Waals surface area (Å²) >= 11 is 3.17. The van der Waals surface area contributed by atoms with Crippen LogP contribution in [0.15, 0.2) is 28.6 Å². The van der Waals surface area contributed by atoms with Gasteiger partial charge in [-0.3, -0.25) is 14.5 Å². The Labute approximate surface area is 147 Å². The van der Waals surface area contributed by atoms with Gasteiger partial charge in [0.05, 0.1) is 11.1 Å². The normalized spacial score (nSPS) is 16.6. The maximum absolute atomic E-state index is 12.3. The monoisotopic (exact) mass is 360 g/mol. The first kappa shape index (κ1) is 15.6. The molecule has 4 rings (SSSR count). The van der Waals surface area contributed by atoms with Gasteiger partial charge in [-0.2, -0.15) is 0 Å². The molecule has 2 aromatic rings. The fraction of sp³-hybridized carbons (Fsp3) is 0.375. The maximum Gasteiger partial charge on any atom is 0.261 e. The summed E-state index contributed by atoms with van der Waals surface area (Å²) in [4.78, 5) is 25.8. The number of amides is 2. The van der Waals surface area contributed by atoms with Crippen LogP contribution in [-0.4, -0.2) is 45.3 Å². The standard InChI is InChI=1S/C16H16N4O2S2/c21-13-11-4-1-2-5-12(11)14(22)20(13)8-3-9-23-16-19-18-15(24-16)17-10-6-7-10/h1-2,4-5,10H,3,6-9H2,(H,17,18). The third kappa shape index (κ3) is 3.16. The van der Waals surface area contributed by atoms with Crippen LogP contribution in [-0.2, 0) is 0 Å². The number of anilines is 1. The second kappa shape index (κ2) is 6.52. The summed E-state index contributed by atoms with van der Waals surface area (Å²) in [5, 5.41) is 12.5. The van der Waals surface area contributed by atoms with Crippen LogP contribution in [0.5, 0.6) is 0 Å². The number of thioether (sulfide) groups is 1. The van der Waals surface area contributed by atoms with E-state index in [4.69, 9.17) is 0 Å². The number of benzene rings is 1. The van der Waals surface area contributed by atoms with Gasteiger partial charge in [0, 0.05) is 18.3 Å². The molecule has 0 radical (unpaired) electrons. The number of carbonyl (C=O) groups excluding carboxylic acids is 2. The van der Waals surface area contributed by atoms with Crippen LogP contribution in [0.2, 0.25) is 0 Å². The van der Waals surface area contributed by atoms with Crippen molar-refractivity contribution in [3.63, 3.8) is 0 Å². The van der Waals surface area contributed by atoms with E-state index in [0.29, 0.717) is 23.7 Å². The molecule has 1 saturated carbocycles. The number of nitrogens with one attached hydrogen (secondary N) is 1. The van der Waals surface area contributed by atoms with E-state index in [9.17, 15) is 9.59 Å². The van der Waals surface area contributed by atoms with E-state index < -0.39 is 0 Å². The fourth-order valence-corrected chi connectivity index (χ4v) is 4.38. The molecule has 0 saturated heterocycles. The van der Waals surface area contributed by atoms with Gasteiger partial charge in [0.15, 0.2) is 4.34 Å². The zero-order valence-electron chi connectivity index (χ0n) is 12.9. The molecular formula is C16H16N4O2S2. The number of nitrogens with zero attached hydrogens (tertiary/aromatic N) is 3. The second-order valence-electron chi connectivity index (χ2n) is 5.80. The molecule has 8 heteroatoms. The highest BCUT2D eigenvalue weighted by Crippen LogP contribution is 2.30. The van der Waals surface area contributed by atoms with Crippen molar-refractivity contribution in [1.29, 1.82) is 0 Å². The molecule has 1 aliphatic heterocycles. The van der Waals surface area contributed by atoms with Gasteiger partial charge in [0.1, 0.15) is 0 Å². The SMILES string of the molecule is O=C1c2ccccc2C(=O)N1CCCSc1nnc(NC2CC2)s1. The van der Waals surface area contributed by atoms with Crippen molar-refractivity contribution in [3.05, 3.63) is 35.4 Å². The predicted octanol–water partition coefficient (Wildman–Crippen LogP) is 2.89. The average Bonchev–Trinajstić information content (AvgIpc) is 3.24. The van der Waals surface area contributed by atoms with Crippen LogP contribution in [0, 0.1) is 0 Å². The molecule has 1 aromatic heterocycles. The van der Waals surface area contributed by atoms with Gasteiger partial charge in [-0.25, -0.2) is 0 Å². The lowest BCUT2D eigenvalue weighted by molar-refractivity contribution is 0.0655. The van der Waals surface area contributed by atoms with Crippen LogP contribution in [0.3, 0.4) is 0 Å². The molecule has 6 nitrogen and oxygen atoms in total. The van der Waals surface area contributed by atoms with E-state index in [0.717, 1.165) is 21.6 Å². The van der Waals surface area contributed by atoms with Gasteiger partial charge in [0.2, 0.25) is 5.13 Å². The molecule has 124 valence electrons. The Morgan fingerprint density at radius 3 is 2.54 bits per heavy atom. The second-order valence-corrected chi connectivity index (χ2v) is 8.12. The van der Waals surface area contributed by atoms with E-state index in [1.807, 2.05) is 0 Å². The van der Waals surface area contributed by atoms with Crippen molar-refractivity contribution in [2.45, 2.75) is 29.6 Å². The molecule has 1 N–H and O–H groups in total. The van der Waals surface area contributed by atoms with Crippen molar-refractivity contribution >= 4 is 40.0 Å². The van der Waals surface area contributed by atoms with E-state index in [1.165, 1.54) is 17.7 Å². The summed E-state index contributed by atoms with van der Waals surface area (Å²) < 4.78 is 0.917. The third-order valence-corrected chi connectivity index (χ3v) is 6.02. The largest absolute Gasteiger partial charge is 0.357 e. The van der Waals surface area contributed by atoms with Gasteiger partial charge in [-0.15, -0.1) is 10.2 Å². The topological polar surface area (TPSA) is 75.2 Å². The lowest BCUT2D eigenvalue weighted by Gasteiger charge is -2.12. The Bertz CT molecular complexity index is 753. The van der Waals surface area contributed by atoms with Crippen LogP contribution in [0.4, 0.5) is 5.13 Å². The van der Waals surface area contributed by atoms with Gasteiger partial charge < -0.3 is 5.32 Å².